The van der Waals surface area contributed by atoms with Gasteiger partial charge >= 0.3 is 0 Å². The number of hydrogen-bond acceptors (Lipinski definition) is 3. The van der Waals surface area contributed by atoms with E-state index in [9.17, 15) is 0 Å². The first-order valence-corrected chi connectivity index (χ1v) is 5.52. The highest BCUT2D eigenvalue weighted by Gasteiger charge is 2.02. The molecule has 0 spiro atoms. The second kappa shape index (κ2) is 6.17. The number of ether oxygens (including phenoxy) is 1. The molecule has 0 amide bonds. The van der Waals surface area contributed by atoms with Gasteiger partial charge in [0.25, 0.3) is 0 Å². The van der Waals surface area contributed by atoms with E-state index in [0.717, 1.165) is 6.42 Å². The molecule has 0 aromatic heterocycles. The van der Waals surface area contributed by atoms with E-state index >= 15 is 0 Å². The van der Waals surface area contributed by atoms with Crippen molar-refractivity contribution in [3.8, 4) is 5.75 Å². The Morgan fingerprint density at radius 3 is 2.67 bits per heavy atom. The summed E-state index contributed by atoms with van der Waals surface area (Å²) in [5.41, 5.74) is 12.6. The van der Waals surface area contributed by atoms with Crippen LogP contribution in [0.1, 0.15) is 32.6 Å². The normalized spacial score (nSPS) is 10.2. The summed E-state index contributed by atoms with van der Waals surface area (Å²) in [4.78, 5) is 0. The zero-order chi connectivity index (χ0) is 11.1. The van der Waals surface area contributed by atoms with Gasteiger partial charge in [-0.2, -0.15) is 0 Å². The number of hydrogen-bond donors (Lipinski definition) is 2. The SMILES string of the molecule is CCCCCCOc1cccc(N)c1N. The highest BCUT2D eigenvalue weighted by Crippen LogP contribution is 2.26. The highest BCUT2D eigenvalue weighted by atomic mass is 16.5. The van der Waals surface area contributed by atoms with Crippen molar-refractivity contribution >= 4 is 11.4 Å². The molecule has 0 unspecified atom stereocenters. The zero-order valence-electron chi connectivity index (χ0n) is 9.33. The van der Waals surface area contributed by atoms with Gasteiger partial charge in [-0.15, -0.1) is 0 Å². The molecule has 0 radical (unpaired) electrons. The Morgan fingerprint density at radius 1 is 1.13 bits per heavy atom. The van der Waals surface area contributed by atoms with Gasteiger partial charge in [0.15, 0.2) is 0 Å². The fourth-order valence-corrected chi connectivity index (χ4v) is 1.40. The van der Waals surface area contributed by atoms with Gasteiger partial charge < -0.3 is 16.2 Å². The lowest BCUT2D eigenvalue weighted by Gasteiger charge is -2.09. The lowest BCUT2D eigenvalue weighted by Crippen LogP contribution is -2.02. The molecule has 0 aliphatic rings. The summed E-state index contributed by atoms with van der Waals surface area (Å²) in [6.07, 6.45) is 4.77. The number of nitrogen functional groups attached to an aromatic ring is 2. The predicted octanol–water partition coefficient (Wildman–Crippen LogP) is 2.81. The van der Waals surface area contributed by atoms with E-state index in [2.05, 4.69) is 6.92 Å². The van der Waals surface area contributed by atoms with E-state index in [1.165, 1.54) is 19.3 Å². The molecule has 0 saturated carbocycles. The van der Waals surface area contributed by atoms with Crippen LogP contribution in [0.3, 0.4) is 0 Å². The molecule has 3 nitrogen and oxygen atoms in total. The van der Waals surface area contributed by atoms with E-state index in [4.69, 9.17) is 16.2 Å². The van der Waals surface area contributed by atoms with Crippen LogP contribution in [0.5, 0.6) is 5.75 Å². The molecule has 3 heteroatoms. The summed E-state index contributed by atoms with van der Waals surface area (Å²) in [7, 11) is 0. The Labute approximate surface area is 91.4 Å². The van der Waals surface area contributed by atoms with Crippen LogP contribution in [0, 0.1) is 0 Å². The quantitative estimate of drug-likeness (QED) is 0.558. The first-order chi connectivity index (χ1) is 7.25. The van der Waals surface area contributed by atoms with Crippen molar-refractivity contribution in [1.82, 2.24) is 0 Å². The molecule has 0 saturated heterocycles. The second-order valence-electron chi connectivity index (χ2n) is 3.67. The Bertz CT molecular complexity index is 300. The van der Waals surface area contributed by atoms with Crippen LogP contribution in [-0.4, -0.2) is 6.61 Å². The Kier molecular flexibility index (Phi) is 4.81. The molecule has 1 rings (SSSR count). The highest BCUT2D eigenvalue weighted by molar-refractivity contribution is 5.70. The minimum atomic E-state index is 0.549. The number of para-hydroxylation sites is 1. The van der Waals surface area contributed by atoms with Crippen LogP contribution in [0.2, 0.25) is 0 Å². The summed E-state index contributed by atoms with van der Waals surface area (Å²) < 4.78 is 5.56. The van der Waals surface area contributed by atoms with Crippen molar-refractivity contribution in [3.63, 3.8) is 0 Å². The average Bonchev–Trinajstić information content (AvgIpc) is 2.24. The van der Waals surface area contributed by atoms with Gasteiger partial charge in [0.1, 0.15) is 5.75 Å². The first-order valence-electron chi connectivity index (χ1n) is 5.52. The molecule has 84 valence electrons. The standard InChI is InChI=1S/C12H20N2O/c1-2-3-4-5-9-15-11-8-6-7-10(13)12(11)14/h6-8H,2-5,9,13-14H2,1H3. The van der Waals surface area contributed by atoms with Gasteiger partial charge in [-0.3, -0.25) is 0 Å². The third-order valence-corrected chi connectivity index (χ3v) is 2.36. The Hall–Kier alpha value is -1.38. The van der Waals surface area contributed by atoms with Crippen LogP contribution < -0.4 is 16.2 Å². The third kappa shape index (κ3) is 3.70. The number of nitrogens with two attached hydrogens (primary N) is 2. The molecule has 0 bridgehead atoms. The summed E-state index contributed by atoms with van der Waals surface area (Å²) >= 11 is 0. The molecule has 0 aliphatic heterocycles. The maximum atomic E-state index is 5.77. The largest absolute Gasteiger partial charge is 0.491 e. The monoisotopic (exact) mass is 208 g/mol. The van der Waals surface area contributed by atoms with E-state index in [-0.39, 0.29) is 0 Å². The predicted molar refractivity (Wildman–Crippen MR) is 64.9 cm³/mol. The summed E-state index contributed by atoms with van der Waals surface area (Å²) in [5.74, 6) is 0.700. The molecule has 0 aliphatic carbocycles. The Morgan fingerprint density at radius 2 is 1.93 bits per heavy atom. The number of unbranched alkanes of at least 4 members (excludes halogenated alkanes) is 3. The van der Waals surface area contributed by atoms with Gasteiger partial charge in [-0.25, -0.2) is 0 Å². The molecule has 0 fully saturated rings. The molecule has 15 heavy (non-hydrogen) atoms. The molecule has 4 N–H and O–H groups in total. The maximum absolute atomic E-state index is 5.77. The molecule has 0 heterocycles. The summed E-state index contributed by atoms with van der Waals surface area (Å²) in [5, 5.41) is 0. The molecule has 0 atom stereocenters. The van der Waals surface area contributed by atoms with Gasteiger partial charge in [-0.1, -0.05) is 32.3 Å². The Balaban J connectivity index is 2.34. The van der Waals surface area contributed by atoms with Gasteiger partial charge in [0.2, 0.25) is 0 Å². The van der Waals surface area contributed by atoms with Gasteiger partial charge in [0.05, 0.1) is 18.0 Å². The second-order valence-corrected chi connectivity index (χ2v) is 3.67. The molecular formula is C12H20N2O. The van der Waals surface area contributed by atoms with Crippen LogP contribution in [0.25, 0.3) is 0 Å². The van der Waals surface area contributed by atoms with Crippen LogP contribution in [-0.2, 0) is 0 Å². The summed E-state index contributed by atoms with van der Waals surface area (Å²) in [6, 6.07) is 5.48. The minimum Gasteiger partial charge on any atom is -0.491 e. The van der Waals surface area contributed by atoms with Crippen LogP contribution in [0.15, 0.2) is 18.2 Å². The van der Waals surface area contributed by atoms with Crippen molar-refractivity contribution in [1.29, 1.82) is 0 Å². The number of anilines is 2. The van der Waals surface area contributed by atoms with Crippen molar-refractivity contribution in [3.05, 3.63) is 18.2 Å². The smallest absolute Gasteiger partial charge is 0.144 e. The molecular weight excluding hydrogens is 188 g/mol. The number of benzene rings is 1. The lowest BCUT2D eigenvalue weighted by atomic mass is 10.2. The van der Waals surface area contributed by atoms with E-state index in [0.29, 0.717) is 23.7 Å². The number of rotatable bonds is 6. The van der Waals surface area contributed by atoms with Crippen LogP contribution >= 0.6 is 0 Å². The average molecular weight is 208 g/mol. The fraction of sp³-hybridized carbons (Fsp3) is 0.500. The van der Waals surface area contributed by atoms with E-state index < -0.39 is 0 Å². The molecule has 1 aromatic rings. The topological polar surface area (TPSA) is 61.3 Å². The van der Waals surface area contributed by atoms with Crippen LogP contribution in [0.4, 0.5) is 11.4 Å². The third-order valence-electron chi connectivity index (χ3n) is 2.36. The fourth-order valence-electron chi connectivity index (χ4n) is 1.40. The van der Waals surface area contributed by atoms with Crippen molar-refractivity contribution in [2.24, 2.45) is 0 Å². The maximum Gasteiger partial charge on any atom is 0.144 e. The first kappa shape index (κ1) is 11.7. The zero-order valence-corrected chi connectivity index (χ0v) is 9.33. The summed E-state index contributed by atoms with van der Waals surface area (Å²) in [6.45, 7) is 2.91. The minimum absolute atomic E-state index is 0.549. The van der Waals surface area contributed by atoms with E-state index in [1.807, 2.05) is 12.1 Å². The van der Waals surface area contributed by atoms with Crippen molar-refractivity contribution in [2.45, 2.75) is 32.6 Å². The lowest BCUT2D eigenvalue weighted by molar-refractivity contribution is 0.307. The van der Waals surface area contributed by atoms with Crippen molar-refractivity contribution < 1.29 is 4.74 Å². The van der Waals surface area contributed by atoms with Gasteiger partial charge in [-0.05, 0) is 18.6 Å². The van der Waals surface area contributed by atoms with Crippen molar-refractivity contribution in [2.75, 3.05) is 18.1 Å². The van der Waals surface area contributed by atoms with E-state index in [1.54, 1.807) is 6.07 Å². The van der Waals surface area contributed by atoms with Gasteiger partial charge in [0, 0.05) is 0 Å². The molecule has 1 aromatic carbocycles.